The van der Waals surface area contributed by atoms with Crippen molar-refractivity contribution >= 4 is 17.7 Å². The van der Waals surface area contributed by atoms with E-state index in [4.69, 9.17) is 4.74 Å². The normalized spacial score (nSPS) is 14.4. The number of ether oxygens (including phenoxy) is 1. The van der Waals surface area contributed by atoms with Gasteiger partial charge in [0.1, 0.15) is 0 Å². The Morgan fingerprint density at radius 3 is 2.88 bits per heavy atom. The summed E-state index contributed by atoms with van der Waals surface area (Å²) in [4.78, 5) is 15.4. The fraction of sp³-hybridized carbons (Fsp3) is 0.455. The molecule has 0 radical (unpaired) electrons. The highest BCUT2D eigenvalue weighted by molar-refractivity contribution is 8.00. The first-order chi connectivity index (χ1) is 7.61. The summed E-state index contributed by atoms with van der Waals surface area (Å²) in [5.41, 5.74) is 0.559. The average molecular weight is 241 g/mol. The van der Waals surface area contributed by atoms with E-state index in [9.17, 15) is 9.90 Å². The molecule has 4 nitrogen and oxygen atoms in total. The third kappa shape index (κ3) is 2.96. The first-order valence-electron chi connectivity index (χ1n) is 4.89. The van der Waals surface area contributed by atoms with Crippen LogP contribution in [0.25, 0.3) is 0 Å². The first-order valence-corrected chi connectivity index (χ1v) is 5.87. The molecule has 0 spiro atoms. The number of aliphatic carboxylic acids is 1. The summed E-state index contributed by atoms with van der Waals surface area (Å²) in [6, 6.07) is 5.29. The molecule has 0 saturated carbocycles. The molecule has 1 rings (SSSR count). The SMILES string of the molecule is COCCSC(C)(C(=O)O)c1ccccn1. The highest BCUT2D eigenvalue weighted by atomic mass is 32.2. The predicted octanol–water partition coefficient (Wildman–Crippen LogP) is 1.76. The van der Waals surface area contributed by atoms with E-state index in [-0.39, 0.29) is 0 Å². The number of thioether (sulfide) groups is 1. The average Bonchev–Trinajstić information content (AvgIpc) is 2.30. The Hall–Kier alpha value is -1.07. The van der Waals surface area contributed by atoms with Crippen LogP contribution in [0.15, 0.2) is 24.4 Å². The van der Waals surface area contributed by atoms with Crippen molar-refractivity contribution in [1.29, 1.82) is 0 Å². The van der Waals surface area contributed by atoms with Gasteiger partial charge in [0, 0.05) is 19.1 Å². The Morgan fingerprint density at radius 2 is 2.38 bits per heavy atom. The van der Waals surface area contributed by atoms with E-state index in [2.05, 4.69) is 4.98 Å². The minimum Gasteiger partial charge on any atom is -0.480 e. The zero-order valence-corrected chi connectivity index (χ0v) is 10.2. The maximum atomic E-state index is 11.3. The number of aromatic nitrogens is 1. The molecule has 0 saturated heterocycles. The van der Waals surface area contributed by atoms with Crippen LogP contribution in [0.4, 0.5) is 0 Å². The summed E-state index contributed by atoms with van der Waals surface area (Å²) >= 11 is 1.32. The van der Waals surface area contributed by atoms with E-state index < -0.39 is 10.7 Å². The molecule has 5 heteroatoms. The van der Waals surface area contributed by atoms with Gasteiger partial charge in [-0.25, -0.2) is 0 Å². The van der Waals surface area contributed by atoms with E-state index in [0.717, 1.165) is 0 Å². The fourth-order valence-corrected chi connectivity index (χ4v) is 2.27. The third-order valence-electron chi connectivity index (χ3n) is 2.24. The van der Waals surface area contributed by atoms with Gasteiger partial charge in [0.25, 0.3) is 0 Å². The van der Waals surface area contributed by atoms with Crippen molar-refractivity contribution in [2.75, 3.05) is 19.5 Å². The topological polar surface area (TPSA) is 59.4 Å². The van der Waals surface area contributed by atoms with Gasteiger partial charge in [0.05, 0.1) is 12.3 Å². The van der Waals surface area contributed by atoms with Crippen LogP contribution in [-0.2, 0) is 14.3 Å². The molecule has 1 N–H and O–H groups in total. The monoisotopic (exact) mass is 241 g/mol. The summed E-state index contributed by atoms with van der Waals surface area (Å²) in [7, 11) is 1.60. The van der Waals surface area contributed by atoms with Crippen LogP contribution in [0, 0.1) is 0 Å². The summed E-state index contributed by atoms with van der Waals surface area (Å²) in [6.07, 6.45) is 1.60. The zero-order chi connectivity index (χ0) is 12.0. The van der Waals surface area contributed by atoms with Crippen LogP contribution in [0.5, 0.6) is 0 Å². The quantitative estimate of drug-likeness (QED) is 0.769. The molecule has 0 aromatic carbocycles. The van der Waals surface area contributed by atoms with Gasteiger partial charge < -0.3 is 9.84 Å². The molecule has 88 valence electrons. The molecule has 16 heavy (non-hydrogen) atoms. The van der Waals surface area contributed by atoms with E-state index in [1.807, 2.05) is 0 Å². The van der Waals surface area contributed by atoms with Crippen molar-refractivity contribution < 1.29 is 14.6 Å². The Bertz CT molecular complexity index is 344. The van der Waals surface area contributed by atoms with Crippen molar-refractivity contribution in [1.82, 2.24) is 4.98 Å². The summed E-state index contributed by atoms with van der Waals surface area (Å²) in [5.74, 6) is -0.261. The largest absolute Gasteiger partial charge is 0.480 e. The molecular weight excluding hydrogens is 226 g/mol. The zero-order valence-electron chi connectivity index (χ0n) is 9.34. The highest BCUT2D eigenvalue weighted by Crippen LogP contribution is 2.34. The van der Waals surface area contributed by atoms with Crippen molar-refractivity contribution in [3.05, 3.63) is 30.1 Å². The lowest BCUT2D eigenvalue weighted by Crippen LogP contribution is -2.30. The number of rotatable bonds is 6. The fourth-order valence-electron chi connectivity index (χ4n) is 1.22. The smallest absolute Gasteiger partial charge is 0.325 e. The van der Waals surface area contributed by atoms with Gasteiger partial charge >= 0.3 is 5.97 Å². The van der Waals surface area contributed by atoms with Gasteiger partial charge in [-0.05, 0) is 19.1 Å². The molecule has 1 unspecified atom stereocenters. The van der Waals surface area contributed by atoms with Crippen molar-refractivity contribution in [2.45, 2.75) is 11.7 Å². The maximum absolute atomic E-state index is 11.3. The maximum Gasteiger partial charge on any atom is 0.325 e. The number of pyridine rings is 1. The van der Waals surface area contributed by atoms with E-state index in [1.165, 1.54) is 11.8 Å². The van der Waals surface area contributed by atoms with E-state index in [1.54, 1.807) is 38.4 Å². The van der Waals surface area contributed by atoms with Crippen LogP contribution < -0.4 is 0 Å². The van der Waals surface area contributed by atoms with E-state index >= 15 is 0 Å². The summed E-state index contributed by atoms with van der Waals surface area (Å²) in [6.45, 7) is 2.19. The molecule has 0 aliphatic rings. The lowest BCUT2D eigenvalue weighted by molar-refractivity contribution is -0.139. The molecule has 0 aliphatic carbocycles. The Labute approximate surface area is 99.0 Å². The Morgan fingerprint density at radius 1 is 1.62 bits per heavy atom. The third-order valence-corrected chi connectivity index (χ3v) is 3.57. The molecule has 0 amide bonds. The number of hydrogen-bond acceptors (Lipinski definition) is 4. The van der Waals surface area contributed by atoms with Crippen molar-refractivity contribution in [3.8, 4) is 0 Å². The molecule has 1 aromatic heterocycles. The second kappa shape index (κ2) is 5.86. The predicted molar refractivity (Wildman–Crippen MR) is 63.6 cm³/mol. The number of hydrogen-bond donors (Lipinski definition) is 1. The first kappa shape index (κ1) is 13.0. The van der Waals surface area contributed by atoms with Crippen LogP contribution in [0.2, 0.25) is 0 Å². The number of carbonyl (C=O) groups is 1. The lowest BCUT2D eigenvalue weighted by atomic mass is 10.1. The number of carboxylic acids is 1. The van der Waals surface area contributed by atoms with Crippen LogP contribution in [-0.4, -0.2) is 35.5 Å². The second-order valence-electron chi connectivity index (χ2n) is 3.39. The van der Waals surface area contributed by atoms with Gasteiger partial charge in [-0.3, -0.25) is 9.78 Å². The second-order valence-corrected chi connectivity index (χ2v) is 4.91. The van der Waals surface area contributed by atoms with Gasteiger partial charge in [0.2, 0.25) is 0 Å². The minimum atomic E-state index is -1.01. The summed E-state index contributed by atoms with van der Waals surface area (Å²) in [5, 5.41) is 9.28. The van der Waals surface area contributed by atoms with E-state index in [0.29, 0.717) is 18.1 Å². The number of nitrogens with zero attached hydrogens (tertiary/aromatic N) is 1. The number of methoxy groups -OCH3 is 1. The van der Waals surface area contributed by atoms with Gasteiger partial charge in [0.15, 0.2) is 4.75 Å². The van der Waals surface area contributed by atoms with Gasteiger partial charge in [-0.1, -0.05) is 6.07 Å². The Balaban J connectivity index is 2.85. The van der Waals surface area contributed by atoms with Gasteiger partial charge in [-0.15, -0.1) is 11.8 Å². The number of carboxylic acid groups (broad SMARTS) is 1. The standard InChI is InChI=1S/C11H15NO3S/c1-11(10(13)14,16-8-7-15-2)9-5-3-4-6-12-9/h3-6H,7-8H2,1-2H3,(H,13,14). The molecule has 0 aliphatic heterocycles. The Kier molecular flexibility index (Phi) is 4.76. The summed E-state index contributed by atoms with van der Waals surface area (Å²) < 4.78 is 3.90. The molecule has 1 atom stereocenters. The molecule has 1 aromatic rings. The highest BCUT2D eigenvalue weighted by Gasteiger charge is 2.36. The molecule has 1 heterocycles. The van der Waals surface area contributed by atoms with Gasteiger partial charge in [-0.2, -0.15) is 0 Å². The van der Waals surface area contributed by atoms with Crippen molar-refractivity contribution in [2.24, 2.45) is 0 Å². The molecule has 0 fully saturated rings. The van der Waals surface area contributed by atoms with Crippen LogP contribution >= 0.6 is 11.8 Å². The van der Waals surface area contributed by atoms with Crippen LogP contribution in [0.3, 0.4) is 0 Å². The minimum absolute atomic E-state index is 0.528. The molecular formula is C11H15NO3S. The molecule has 0 bridgehead atoms. The van der Waals surface area contributed by atoms with Crippen LogP contribution in [0.1, 0.15) is 12.6 Å². The lowest BCUT2D eigenvalue weighted by Gasteiger charge is -2.23. The van der Waals surface area contributed by atoms with Crippen molar-refractivity contribution in [3.63, 3.8) is 0 Å².